The lowest BCUT2D eigenvalue weighted by molar-refractivity contribution is 0.0524. The van der Waals surface area contributed by atoms with Gasteiger partial charge in [0.15, 0.2) is 0 Å². The van der Waals surface area contributed by atoms with Crippen molar-refractivity contribution < 1.29 is 14.6 Å². The summed E-state index contributed by atoms with van der Waals surface area (Å²) in [6, 6.07) is 11.1. The number of esters is 1. The fraction of sp³-hybridized carbons (Fsp3) is 0.235. The first-order valence-electron chi connectivity index (χ1n) is 6.62. The minimum atomic E-state index is -0.348. The summed E-state index contributed by atoms with van der Waals surface area (Å²) >= 11 is 0. The van der Waals surface area contributed by atoms with Crippen molar-refractivity contribution in [1.29, 1.82) is 0 Å². The zero-order chi connectivity index (χ0) is 14.7. The van der Waals surface area contributed by atoms with E-state index in [4.69, 9.17) is 4.74 Å². The fourth-order valence-corrected chi connectivity index (χ4v) is 2.45. The Kier molecular flexibility index (Phi) is 4.08. The van der Waals surface area contributed by atoms with Crippen LogP contribution in [0.1, 0.15) is 28.4 Å². The van der Waals surface area contributed by atoms with Crippen molar-refractivity contribution in [3.63, 3.8) is 0 Å². The molecular weight excluding hydrogens is 252 g/mol. The average Bonchev–Trinajstić information content (AvgIpc) is 2.39. The van der Waals surface area contributed by atoms with Crippen molar-refractivity contribution in [2.75, 3.05) is 6.61 Å². The number of hydrogen-bond acceptors (Lipinski definition) is 3. The second kappa shape index (κ2) is 5.78. The molecular formula is C17H18O3. The Bertz CT molecular complexity index is 630. The molecule has 3 heteroatoms. The third-order valence-electron chi connectivity index (χ3n) is 3.30. The summed E-state index contributed by atoms with van der Waals surface area (Å²) in [5.74, 6) is -0.168. The van der Waals surface area contributed by atoms with Crippen LogP contribution in [0, 0.1) is 13.8 Å². The van der Waals surface area contributed by atoms with Gasteiger partial charge in [-0.3, -0.25) is 0 Å². The van der Waals surface area contributed by atoms with Gasteiger partial charge in [-0.25, -0.2) is 4.79 Å². The van der Waals surface area contributed by atoms with Gasteiger partial charge in [-0.1, -0.05) is 30.3 Å². The standard InChI is InChI=1S/C17H18O3/c1-4-20-17(19)15-11(2)10-14(18)16(12(15)3)13-8-6-5-7-9-13/h5-10,18H,4H2,1-3H3. The van der Waals surface area contributed by atoms with Crippen molar-refractivity contribution in [3.8, 4) is 16.9 Å². The maximum atomic E-state index is 12.1. The van der Waals surface area contributed by atoms with Crippen molar-refractivity contribution in [1.82, 2.24) is 0 Å². The third-order valence-corrected chi connectivity index (χ3v) is 3.30. The Balaban J connectivity index is 2.65. The molecule has 2 aromatic carbocycles. The highest BCUT2D eigenvalue weighted by molar-refractivity contribution is 5.96. The van der Waals surface area contributed by atoms with Crippen LogP contribution >= 0.6 is 0 Å². The van der Waals surface area contributed by atoms with Gasteiger partial charge in [-0.05, 0) is 43.5 Å². The normalized spacial score (nSPS) is 10.3. The van der Waals surface area contributed by atoms with Crippen LogP contribution in [-0.2, 0) is 4.74 Å². The number of aromatic hydroxyl groups is 1. The van der Waals surface area contributed by atoms with Crippen LogP contribution in [0.25, 0.3) is 11.1 Å². The van der Waals surface area contributed by atoms with Crippen LogP contribution in [0.4, 0.5) is 0 Å². The Hall–Kier alpha value is -2.29. The Labute approximate surface area is 118 Å². The minimum absolute atomic E-state index is 0.180. The molecule has 0 radical (unpaired) electrons. The highest BCUT2D eigenvalue weighted by Gasteiger charge is 2.20. The molecule has 0 saturated heterocycles. The average molecular weight is 270 g/mol. The smallest absolute Gasteiger partial charge is 0.338 e. The Morgan fingerprint density at radius 3 is 2.45 bits per heavy atom. The summed E-state index contributed by atoms with van der Waals surface area (Å²) in [6.07, 6.45) is 0. The lowest BCUT2D eigenvalue weighted by atomic mass is 9.92. The van der Waals surface area contributed by atoms with E-state index in [1.165, 1.54) is 0 Å². The van der Waals surface area contributed by atoms with Crippen molar-refractivity contribution >= 4 is 5.97 Å². The fourth-order valence-electron chi connectivity index (χ4n) is 2.45. The number of carbonyl (C=O) groups is 1. The molecule has 2 rings (SSSR count). The second-order valence-electron chi connectivity index (χ2n) is 4.67. The van der Waals surface area contributed by atoms with Gasteiger partial charge < -0.3 is 9.84 Å². The molecule has 1 N–H and O–H groups in total. The molecule has 0 aliphatic heterocycles. The van der Waals surface area contributed by atoms with Gasteiger partial charge in [0.1, 0.15) is 5.75 Å². The second-order valence-corrected chi connectivity index (χ2v) is 4.67. The van der Waals surface area contributed by atoms with Gasteiger partial charge in [0.25, 0.3) is 0 Å². The highest BCUT2D eigenvalue weighted by atomic mass is 16.5. The van der Waals surface area contributed by atoms with Crippen LogP contribution in [0.2, 0.25) is 0 Å². The molecule has 0 amide bonds. The van der Waals surface area contributed by atoms with Crippen molar-refractivity contribution in [2.24, 2.45) is 0 Å². The maximum Gasteiger partial charge on any atom is 0.338 e. The number of carbonyl (C=O) groups excluding carboxylic acids is 1. The molecule has 0 unspecified atom stereocenters. The van der Waals surface area contributed by atoms with Gasteiger partial charge in [-0.2, -0.15) is 0 Å². The Morgan fingerprint density at radius 2 is 1.85 bits per heavy atom. The largest absolute Gasteiger partial charge is 0.507 e. The van der Waals surface area contributed by atoms with Gasteiger partial charge >= 0.3 is 5.97 Å². The molecule has 0 aliphatic rings. The highest BCUT2D eigenvalue weighted by Crippen LogP contribution is 2.36. The number of ether oxygens (including phenoxy) is 1. The van der Waals surface area contributed by atoms with Crippen LogP contribution in [0.5, 0.6) is 5.75 Å². The topological polar surface area (TPSA) is 46.5 Å². The molecule has 2 aromatic rings. The third kappa shape index (κ3) is 2.52. The van der Waals surface area contributed by atoms with Gasteiger partial charge in [0.2, 0.25) is 0 Å². The summed E-state index contributed by atoms with van der Waals surface area (Å²) < 4.78 is 5.10. The molecule has 0 fully saturated rings. The zero-order valence-electron chi connectivity index (χ0n) is 11.9. The van der Waals surface area contributed by atoms with E-state index >= 15 is 0 Å². The number of phenols is 1. The molecule has 104 valence electrons. The van der Waals surface area contributed by atoms with Crippen LogP contribution in [0.15, 0.2) is 36.4 Å². The predicted octanol–water partition coefficient (Wildman–Crippen LogP) is 3.85. The molecule has 0 atom stereocenters. The molecule has 20 heavy (non-hydrogen) atoms. The molecule has 0 aliphatic carbocycles. The monoisotopic (exact) mass is 270 g/mol. The summed E-state index contributed by atoms with van der Waals surface area (Å²) in [5, 5.41) is 10.2. The van der Waals surface area contributed by atoms with E-state index in [0.29, 0.717) is 17.7 Å². The number of phenolic OH excluding ortho intramolecular Hbond substituents is 1. The molecule has 0 spiro atoms. The van der Waals surface area contributed by atoms with Crippen LogP contribution in [-0.4, -0.2) is 17.7 Å². The first-order valence-corrected chi connectivity index (χ1v) is 6.62. The lowest BCUT2D eigenvalue weighted by Gasteiger charge is -2.15. The summed E-state index contributed by atoms with van der Waals surface area (Å²) in [5.41, 5.74) is 3.56. The van der Waals surface area contributed by atoms with Gasteiger partial charge in [0.05, 0.1) is 12.2 Å². The number of benzene rings is 2. The molecule has 3 nitrogen and oxygen atoms in total. The predicted molar refractivity (Wildman–Crippen MR) is 79.0 cm³/mol. The number of aryl methyl sites for hydroxylation is 1. The maximum absolute atomic E-state index is 12.1. The summed E-state index contributed by atoms with van der Waals surface area (Å²) in [7, 11) is 0. The minimum Gasteiger partial charge on any atom is -0.507 e. The number of hydrogen-bond donors (Lipinski definition) is 1. The van der Waals surface area contributed by atoms with E-state index in [2.05, 4.69) is 0 Å². The molecule has 0 bridgehead atoms. The summed E-state index contributed by atoms with van der Waals surface area (Å²) in [6.45, 7) is 5.75. The van der Waals surface area contributed by atoms with E-state index in [-0.39, 0.29) is 11.7 Å². The van der Waals surface area contributed by atoms with E-state index in [1.807, 2.05) is 37.3 Å². The first-order chi connectivity index (χ1) is 9.56. The summed E-state index contributed by atoms with van der Waals surface area (Å²) in [4.78, 5) is 12.1. The van der Waals surface area contributed by atoms with Crippen molar-refractivity contribution in [2.45, 2.75) is 20.8 Å². The van der Waals surface area contributed by atoms with Crippen molar-refractivity contribution in [3.05, 3.63) is 53.1 Å². The lowest BCUT2D eigenvalue weighted by Crippen LogP contribution is -2.10. The molecule has 0 aromatic heterocycles. The zero-order valence-corrected chi connectivity index (χ0v) is 11.9. The van der Waals surface area contributed by atoms with Gasteiger partial charge in [-0.15, -0.1) is 0 Å². The number of rotatable bonds is 3. The molecule has 0 heterocycles. The molecule has 0 saturated carbocycles. The van der Waals surface area contributed by atoms with Crippen LogP contribution in [0.3, 0.4) is 0 Å². The van der Waals surface area contributed by atoms with E-state index < -0.39 is 0 Å². The van der Waals surface area contributed by atoms with E-state index in [0.717, 1.165) is 16.7 Å². The Morgan fingerprint density at radius 1 is 1.20 bits per heavy atom. The quantitative estimate of drug-likeness (QED) is 0.862. The van der Waals surface area contributed by atoms with Gasteiger partial charge in [0, 0.05) is 5.56 Å². The van der Waals surface area contributed by atoms with E-state index in [1.54, 1.807) is 19.9 Å². The van der Waals surface area contributed by atoms with E-state index in [9.17, 15) is 9.90 Å². The van der Waals surface area contributed by atoms with Crippen LogP contribution < -0.4 is 0 Å². The SMILES string of the molecule is CCOC(=O)c1c(C)cc(O)c(-c2ccccc2)c1C. The first kappa shape index (κ1) is 14.1.